The van der Waals surface area contributed by atoms with Gasteiger partial charge in [0.15, 0.2) is 0 Å². The fourth-order valence-corrected chi connectivity index (χ4v) is 3.05. The van der Waals surface area contributed by atoms with Crippen molar-refractivity contribution in [2.24, 2.45) is 0 Å². The van der Waals surface area contributed by atoms with Crippen molar-refractivity contribution in [2.75, 3.05) is 18.6 Å². The number of ether oxygens (including phenoxy) is 1. The number of fused-ring (bicyclic) bond motifs is 1. The van der Waals surface area contributed by atoms with E-state index in [4.69, 9.17) is 4.74 Å². The Bertz CT molecular complexity index is 667. The summed E-state index contributed by atoms with van der Waals surface area (Å²) in [5.74, 6) is 0.948. The van der Waals surface area contributed by atoms with Crippen molar-refractivity contribution in [2.45, 2.75) is 12.8 Å². The molecule has 1 aliphatic heterocycles. The van der Waals surface area contributed by atoms with Gasteiger partial charge < -0.3 is 9.64 Å². The Hall–Kier alpha value is -1.81. The first-order valence-corrected chi connectivity index (χ1v) is 7.68. The van der Waals surface area contributed by atoms with E-state index in [0.717, 1.165) is 34.4 Å². The lowest BCUT2D eigenvalue weighted by Gasteiger charge is -2.17. The van der Waals surface area contributed by atoms with Gasteiger partial charge in [0, 0.05) is 16.7 Å². The lowest BCUT2D eigenvalue weighted by Crippen LogP contribution is -2.30. The molecule has 1 amide bonds. The van der Waals surface area contributed by atoms with Gasteiger partial charge in [-0.15, -0.1) is 0 Å². The molecule has 0 aliphatic carbocycles. The van der Waals surface area contributed by atoms with E-state index in [1.807, 2.05) is 41.3 Å². The first kappa shape index (κ1) is 14.1. The van der Waals surface area contributed by atoms with Gasteiger partial charge >= 0.3 is 0 Å². The molecule has 3 nitrogen and oxygen atoms in total. The van der Waals surface area contributed by atoms with Crippen molar-refractivity contribution in [3.63, 3.8) is 0 Å². The molecule has 0 aromatic heterocycles. The van der Waals surface area contributed by atoms with Crippen molar-refractivity contribution in [3.05, 3.63) is 58.1 Å². The fourth-order valence-electron chi connectivity index (χ4n) is 2.64. The van der Waals surface area contributed by atoms with Crippen molar-refractivity contribution < 1.29 is 9.53 Å². The zero-order valence-corrected chi connectivity index (χ0v) is 13.4. The van der Waals surface area contributed by atoms with Crippen LogP contribution in [0, 0.1) is 0 Å². The zero-order chi connectivity index (χ0) is 14.8. The smallest absolute Gasteiger partial charge is 0.231 e. The van der Waals surface area contributed by atoms with Crippen molar-refractivity contribution in [3.8, 4) is 5.75 Å². The second-order valence-electron chi connectivity index (χ2n) is 5.09. The van der Waals surface area contributed by atoms with Crippen LogP contribution in [0.25, 0.3) is 0 Å². The van der Waals surface area contributed by atoms with E-state index >= 15 is 0 Å². The minimum Gasteiger partial charge on any atom is -0.497 e. The molecule has 0 atom stereocenters. The van der Waals surface area contributed by atoms with Crippen LogP contribution in [0.2, 0.25) is 0 Å². The molecule has 0 bridgehead atoms. The highest BCUT2D eigenvalue weighted by Crippen LogP contribution is 2.31. The van der Waals surface area contributed by atoms with Gasteiger partial charge in [-0.3, -0.25) is 4.79 Å². The molecule has 21 heavy (non-hydrogen) atoms. The first-order valence-electron chi connectivity index (χ1n) is 6.89. The standard InChI is InChI=1S/C17H16BrNO2/c1-21-15-5-2-12(3-6-15)10-17(20)19-9-8-13-11-14(18)4-7-16(13)19/h2-7,11H,8-10H2,1H3. The van der Waals surface area contributed by atoms with Crippen LogP contribution in [-0.2, 0) is 17.6 Å². The highest BCUT2D eigenvalue weighted by molar-refractivity contribution is 9.10. The van der Waals surface area contributed by atoms with Gasteiger partial charge in [0.1, 0.15) is 5.75 Å². The Morgan fingerprint density at radius 2 is 2.00 bits per heavy atom. The maximum Gasteiger partial charge on any atom is 0.231 e. The third-order valence-corrected chi connectivity index (χ3v) is 4.25. The largest absolute Gasteiger partial charge is 0.497 e. The summed E-state index contributed by atoms with van der Waals surface area (Å²) in [7, 11) is 1.64. The van der Waals surface area contributed by atoms with Crippen LogP contribution in [0.1, 0.15) is 11.1 Å². The Morgan fingerprint density at radius 3 is 2.71 bits per heavy atom. The number of carbonyl (C=O) groups excluding carboxylic acids is 1. The van der Waals surface area contributed by atoms with Gasteiger partial charge in [0.05, 0.1) is 13.5 Å². The average molecular weight is 346 g/mol. The molecule has 4 heteroatoms. The number of hydrogen-bond acceptors (Lipinski definition) is 2. The molecule has 0 unspecified atom stereocenters. The van der Waals surface area contributed by atoms with E-state index in [-0.39, 0.29) is 5.91 Å². The number of anilines is 1. The van der Waals surface area contributed by atoms with Crippen LogP contribution < -0.4 is 9.64 Å². The molecule has 108 valence electrons. The van der Waals surface area contributed by atoms with Crippen LogP contribution >= 0.6 is 15.9 Å². The second-order valence-corrected chi connectivity index (χ2v) is 6.01. The zero-order valence-electron chi connectivity index (χ0n) is 11.8. The molecule has 0 fully saturated rings. The van der Waals surface area contributed by atoms with Gasteiger partial charge in [0.2, 0.25) is 5.91 Å². The third kappa shape index (κ3) is 2.95. The van der Waals surface area contributed by atoms with E-state index in [9.17, 15) is 4.79 Å². The van der Waals surface area contributed by atoms with E-state index < -0.39 is 0 Å². The molecule has 0 saturated carbocycles. The Balaban J connectivity index is 1.75. The molecule has 3 rings (SSSR count). The second kappa shape index (κ2) is 5.90. The Kier molecular flexibility index (Phi) is 3.97. The summed E-state index contributed by atoms with van der Waals surface area (Å²) in [6.45, 7) is 0.765. The minimum atomic E-state index is 0.140. The van der Waals surface area contributed by atoms with Gasteiger partial charge in [-0.25, -0.2) is 0 Å². The van der Waals surface area contributed by atoms with Crippen LogP contribution in [0.3, 0.4) is 0 Å². The lowest BCUT2D eigenvalue weighted by molar-refractivity contribution is -0.117. The SMILES string of the molecule is COc1ccc(CC(=O)N2CCc3cc(Br)ccc32)cc1. The molecular weight excluding hydrogens is 330 g/mol. The van der Waals surface area contributed by atoms with E-state index in [0.29, 0.717) is 6.42 Å². The monoisotopic (exact) mass is 345 g/mol. The van der Waals surface area contributed by atoms with Crippen LogP contribution in [0.5, 0.6) is 5.75 Å². The maximum absolute atomic E-state index is 12.5. The molecule has 0 saturated heterocycles. The van der Waals surface area contributed by atoms with Gasteiger partial charge in [0.25, 0.3) is 0 Å². The normalized spacial score (nSPS) is 13.1. The van der Waals surface area contributed by atoms with Crippen molar-refractivity contribution in [1.29, 1.82) is 0 Å². The predicted octanol–water partition coefficient (Wildman–Crippen LogP) is 3.59. The average Bonchev–Trinajstić information content (AvgIpc) is 2.91. The molecule has 1 aliphatic rings. The molecular formula is C17H16BrNO2. The number of rotatable bonds is 3. The number of benzene rings is 2. The Labute approximate surface area is 132 Å². The fraction of sp³-hybridized carbons (Fsp3) is 0.235. The third-order valence-electron chi connectivity index (χ3n) is 3.75. The topological polar surface area (TPSA) is 29.5 Å². The van der Waals surface area contributed by atoms with Crippen molar-refractivity contribution >= 4 is 27.5 Å². The van der Waals surface area contributed by atoms with Gasteiger partial charge in [-0.1, -0.05) is 28.1 Å². The highest BCUT2D eigenvalue weighted by Gasteiger charge is 2.24. The maximum atomic E-state index is 12.5. The van der Waals surface area contributed by atoms with Gasteiger partial charge in [-0.2, -0.15) is 0 Å². The molecule has 0 spiro atoms. The van der Waals surface area contributed by atoms with E-state index in [1.165, 1.54) is 5.56 Å². The lowest BCUT2D eigenvalue weighted by atomic mass is 10.1. The van der Waals surface area contributed by atoms with E-state index in [2.05, 4.69) is 22.0 Å². The predicted molar refractivity (Wildman–Crippen MR) is 86.9 cm³/mol. The number of carbonyl (C=O) groups is 1. The molecule has 2 aromatic rings. The molecule has 2 aromatic carbocycles. The highest BCUT2D eigenvalue weighted by atomic mass is 79.9. The summed E-state index contributed by atoms with van der Waals surface area (Å²) in [5.41, 5.74) is 3.27. The van der Waals surface area contributed by atoms with Crippen LogP contribution in [0.4, 0.5) is 5.69 Å². The first-order chi connectivity index (χ1) is 10.2. The molecule has 1 heterocycles. The number of methoxy groups -OCH3 is 1. The summed E-state index contributed by atoms with van der Waals surface area (Å²) in [6, 6.07) is 13.7. The number of amides is 1. The number of halogens is 1. The summed E-state index contributed by atoms with van der Waals surface area (Å²) >= 11 is 3.47. The summed E-state index contributed by atoms with van der Waals surface area (Å²) in [4.78, 5) is 14.4. The van der Waals surface area contributed by atoms with Crippen LogP contribution in [-0.4, -0.2) is 19.6 Å². The summed E-state index contributed by atoms with van der Waals surface area (Å²) < 4.78 is 6.19. The molecule has 0 radical (unpaired) electrons. The summed E-state index contributed by atoms with van der Waals surface area (Å²) in [6.07, 6.45) is 1.34. The summed E-state index contributed by atoms with van der Waals surface area (Å²) in [5, 5.41) is 0. The van der Waals surface area contributed by atoms with E-state index in [1.54, 1.807) is 7.11 Å². The number of nitrogens with zero attached hydrogens (tertiary/aromatic N) is 1. The minimum absolute atomic E-state index is 0.140. The Morgan fingerprint density at radius 1 is 1.24 bits per heavy atom. The quantitative estimate of drug-likeness (QED) is 0.850. The molecule has 0 N–H and O–H groups in total. The number of hydrogen-bond donors (Lipinski definition) is 0. The van der Waals surface area contributed by atoms with Gasteiger partial charge in [-0.05, 0) is 47.9 Å². The van der Waals surface area contributed by atoms with Crippen molar-refractivity contribution in [1.82, 2.24) is 0 Å². The van der Waals surface area contributed by atoms with Crippen LogP contribution in [0.15, 0.2) is 46.9 Å².